The monoisotopic (exact) mass is 239 g/mol. The number of rotatable bonds is 3. The topological polar surface area (TPSA) is 53.2 Å². The molecule has 3 heteroatoms. The summed E-state index contributed by atoms with van der Waals surface area (Å²) >= 11 is 0. The zero-order chi connectivity index (χ0) is 13.0. The third-order valence-electron chi connectivity index (χ3n) is 2.59. The van der Waals surface area contributed by atoms with Crippen LogP contribution in [0, 0.1) is 18.3 Å². The third kappa shape index (κ3) is 2.68. The average molecular weight is 239 g/mol. The first-order valence-electron chi connectivity index (χ1n) is 5.61. The molecule has 1 N–H and O–H groups in total. The van der Waals surface area contributed by atoms with E-state index >= 15 is 0 Å². The minimum Gasteiger partial charge on any atom is -0.456 e. The summed E-state index contributed by atoms with van der Waals surface area (Å²) in [5, 5.41) is 18.0. The van der Waals surface area contributed by atoms with Crippen LogP contribution in [0.25, 0.3) is 0 Å². The molecule has 0 saturated heterocycles. The van der Waals surface area contributed by atoms with Gasteiger partial charge < -0.3 is 9.84 Å². The largest absolute Gasteiger partial charge is 0.456 e. The van der Waals surface area contributed by atoms with Crippen molar-refractivity contribution in [1.82, 2.24) is 0 Å². The molecule has 2 aromatic carbocycles. The van der Waals surface area contributed by atoms with E-state index in [0.29, 0.717) is 17.1 Å². The lowest BCUT2D eigenvalue weighted by Gasteiger charge is -2.08. The van der Waals surface area contributed by atoms with Crippen molar-refractivity contribution in [3.63, 3.8) is 0 Å². The Balaban J connectivity index is 2.25. The van der Waals surface area contributed by atoms with Gasteiger partial charge in [-0.3, -0.25) is 0 Å². The van der Waals surface area contributed by atoms with Crippen molar-refractivity contribution in [3.8, 4) is 17.6 Å². The van der Waals surface area contributed by atoms with Crippen LogP contribution >= 0.6 is 0 Å². The van der Waals surface area contributed by atoms with Crippen molar-refractivity contribution < 1.29 is 9.84 Å². The smallest absolute Gasteiger partial charge is 0.145 e. The van der Waals surface area contributed by atoms with Crippen LogP contribution in [0.4, 0.5) is 0 Å². The van der Waals surface area contributed by atoms with Crippen LogP contribution in [0.5, 0.6) is 11.5 Å². The molecule has 3 nitrogen and oxygen atoms in total. The van der Waals surface area contributed by atoms with Crippen LogP contribution < -0.4 is 4.74 Å². The summed E-state index contributed by atoms with van der Waals surface area (Å²) in [7, 11) is 0. The summed E-state index contributed by atoms with van der Waals surface area (Å²) in [6, 6.07) is 14.7. The van der Waals surface area contributed by atoms with Crippen LogP contribution in [-0.4, -0.2) is 5.11 Å². The zero-order valence-corrected chi connectivity index (χ0v) is 10.1. The summed E-state index contributed by atoms with van der Waals surface area (Å²) in [4.78, 5) is 0. The van der Waals surface area contributed by atoms with Crippen molar-refractivity contribution in [2.75, 3.05) is 0 Å². The Morgan fingerprint density at radius 1 is 1.17 bits per heavy atom. The van der Waals surface area contributed by atoms with E-state index in [2.05, 4.69) is 6.07 Å². The van der Waals surface area contributed by atoms with E-state index in [1.807, 2.05) is 13.0 Å². The fourth-order valence-electron chi connectivity index (χ4n) is 1.61. The lowest BCUT2D eigenvalue weighted by Crippen LogP contribution is -1.90. The van der Waals surface area contributed by atoms with E-state index < -0.39 is 0 Å². The molecule has 0 saturated carbocycles. The maximum atomic E-state index is 9.04. The minimum absolute atomic E-state index is 0.00819. The average Bonchev–Trinajstić information content (AvgIpc) is 2.41. The summed E-state index contributed by atoms with van der Waals surface area (Å²) in [5.41, 5.74) is 2.36. The summed E-state index contributed by atoms with van der Waals surface area (Å²) in [6.07, 6.45) is 0. The Morgan fingerprint density at radius 3 is 2.50 bits per heavy atom. The van der Waals surface area contributed by atoms with Gasteiger partial charge >= 0.3 is 0 Å². The highest BCUT2D eigenvalue weighted by Gasteiger charge is 2.04. The number of hydrogen-bond donors (Lipinski definition) is 1. The van der Waals surface area contributed by atoms with Crippen LogP contribution in [0.1, 0.15) is 16.7 Å². The van der Waals surface area contributed by atoms with Crippen LogP contribution in [0.15, 0.2) is 42.5 Å². The van der Waals surface area contributed by atoms with Gasteiger partial charge in [0.25, 0.3) is 0 Å². The van der Waals surface area contributed by atoms with E-state index in [0.717, 1.165) is 11.1 Å². The predicted octanol–water partition coefficient (Wildman–Crippen LogP) is 3.15. The molecule has 0 spiro atoms. The van der Waals surface area contributed by atoms with Gasteiger partial charge in [0, 0.05) is 0 Å². The Labute approximate surface area is 106 Å². The van der Waals surface area contributed by atoms with Gasteiger partial charge in [0.05, 0.1) is 12.2 Å². The number of nitriles is 1. The molecule has 0 amide bonds. The number of aliphatic hydroxyl groups is 1. The molecule has 0 bridgehead atoms. The van der Waals surface area contributed by atoms with E-state index in [4.69, 9.17) is 15.1 Å². The van der Waals surface area contributed by atoms with Crippen LogP contribution in [-0.2, 0) is 6.61 Å². The van der Waals surface area contributed by atoms with Crippen molar-refractivity contribution in [2.45, 2.75) is 13.5 Å². The second kappa shape index (κ2) is 5.35. The lowest BCUT2D eigenvalue weighted by molar-refractivity contribution is 0.281. The Hall–Kier alpha value is -2.31. The van der Waals surface area contributed by atoms with E-state index in [1.165, 1.54) is 0 Å². The molecular weight excluding hydrogens is 226 g/mol. The van der Waals surface area contributed by atoms with E-state index in [1.54, 1.807) is 36.4 Å². The number of nitrogens with zero attached hydrogens (tertiary/aromatic N) is 1. The molecule has 0 heterocycles. The third-order valence-corrected chi connectivity index (χ3v) is 2.59. The molecule has 0 radical (unpaired) electrons. The number of hydrogen-bond acceptors (Lipinski definition) is 3. The first kappa shape index (κ1) is 12.2. The van der Waals surface area contributed by atoms with Crippen molar-refractivity contribution in [2.24, 2.45) is 0 Å². The quantitative estimate of drug-likeness (QED) is 0.895. The molecule has 0 unspecified atom stereocenters. The molecule has 0 fully saturated rings. The maximum Gasteiger partial charge on any atom is 0.145 e. The molecular formula is C15H13NO2. The predicted molar refractivity (Wildman–Crippen MR) is 68.3 cm³/mol. The second-order valence-electron chi connectivity index (χ2n) is 4.02. The lowest BCUT2D eigenvalue weighted by atomic mass is 10.1. The van der Waals surface area contributed by atoms with E-state index in [-0.39, 0.29) is 6.61 Å². The zero-order valence-electron chi connectivity index (χ0n) is 10.1. The molecule has 0 aliphatic heterocycles. The highest BCUT2D eigenvalue weighted by atomic mass is 16.5. The van der Waals surface area contributed by atoms with Gasteiger partial charge in [0.1, 0.15) is 17.6 Å². The number of aryl methyl sites for hydroxylation is 1. The van der Waals surface area contributed by atoms with Crippen LogP contribution in [0.2, 0.25) is 0 Å². The Bertz CT molecular complexity index is 582. The standard InChI is InChI=1S/C15H13NO2/c1-11-2-7-15(13(8-11)9-16)18-14-5-3-12(10-17)4-6-14/h2-8,17H,10H2,1H3. The van der Waals surface area contributed by atoms with Crippen LogP contribution in [0.3, 0.4) is 0 Å². The number of benzene rings is 2. The molecule has 90 valence electrons. The molecule has 2 aromatic rings. The normalized spacial score (nSPS) is 9.83. The van der Waals surface area contributed by atoms with Gasteiger partial charge in [-0.05, 0) is 42.3 Å². The summed E-state index contributed by atoms with van der Waals surface area (Å²) in [6.45, 7) is 1.94. The van der Waals surface area contributed by atoms with Gasteiger partial charge in [0.15, 0.2) is 0 Å². The summed E-state index contributed by atoms with van der Waals surface area (Å²) < 4.78 is 5.65. The highest BCUT2D eigenvalue weighted by molar-refractivity contribution is 5.47. The minimum atomic E-state index is 0.00819. The SMILES string of the molecule is Cc1ccc(Oc2ccc(CO)cc2)c(C#N)c1. The maximum absolute atomic E-state index is 9.04. The van der Waals surface area contributed by atoms with Crippen molar-refractivity contribution >= 4 is 0 Å². The molecule has 0 aromatic heterocycles. The second-order valence-corrected chi connectivity index (χ2v) is 4.02. The fraction of sp³-hybridized carbons (Fsp3) is 0.133. The van der Waals surface area contributed by atoms with Gasteiger partial charge in [0.2, 0.25) is 0 Å². The Morgan fingerprint density at radius 2 is 1.89 bits per heavy atom. The molecule has 0 aliphatic carbocycles. The molecule has 0 aliphatic rings. The fourth-order valence-corrected chi connectivity index (χ4v) is 1.61. The first-order valence-corrected chi connectivity index (χ1v) is 5.61. The highest BCUT2D eigenvalue weighted by Crippen LogP contribution is 2.25. The number of aliphatic hydroxyl groups excluding tert-OH is 1. The van der Waals surface area contributed by atoms with Gasteiger partial charge in [-0.15, -0.1) is 0 Å². The van der Waals surface area contributed by atoms with Gasteiger partial charge in [-0.1, -0.05) is 18.2 Å². The van der Waals surface area contributed by atoms with E-state index in [9.17, 15) is 0 Å². The van der Waals surface area contributed by atoms with Crippen molar-refractivity contribution in [3.05, 3.63) is 59.2 Å². The Kier molecular flexibility index (Phi) is 3.61. The molecule has 2 rings (SSSR count). The van der Waals surface area contributed by atoms with Gasteiger partial charge in [-0.25, -0.2) is 0 Å². The van der Waals surface area contributed by atoms with Gasteiger partial charge in [-0.2, -0.15) is 5.26 Å². The number of ether oxygens (including phenoxy) is 1. The van der Waals surface area contributed by atoms with Crippen molar-refractivity contribution in [1.29, 1.82) is 5.26 Å². The molecule has 18 heavy (non-hydrogen) atoms. The molecule has 0 atom stereocenters. The summed E-state index contributed by atoms with van der Waals surface area (Å²) in [5.74, 6) is 1.19. The first-order chi connectivity index (χ1) is 8.72.